The van der Waals surface area contributed by atoms with Crippen molar-refractivity contribution in [2.24, 2.45) is 5.41 Å². The Hall–Kier alpha value is -2.12. The van der Waals surface area contributed by atoms with Gasteiger partial charge in [0.15, 0.2) is 0 Å². The molecule has 2 aliphatic rings. The maximum absolute atomic E-state index is 14.4. The van der Waals surface area contributed by atoms with Crippen LogP contribution in [0.3, 0.4) is 0 Å². The number of rotatable bonds is 8. The Morgan fingerprint density at radius 1 is 1.08 bits per heavy atom. The van der Waals surface area contributed by atoms with Crippen molar-refractivity contribution < 1.29 is 19.4 Å². The third-order valence-corrected chi connectivity index (χ3v) is 8.45. The predicted octanol–water partition coefficient (Wildman–Crippen LogP) is 6.42. The highest BCUT2D eigenvalue weighted by molar-refractivity contribution is 6.30. The van der Waals surface area contributed by atoms with Crippen molar-refractivity contribution in [3.63, 3.8) is 0 Å². The summed E-state index contributed by atoms with van der Waals surface area (Å²) < 4.78 is 5.95. The Kier molecular flexibility index (Phi) is 9.08. The average molecular weight is 562 g/mol. The van der Waals surface area contributed by atoms with E-state index in [2.05, 4.69) is 25.7 Å². The molecule has 0 radical (unpaired) electrons. The molecule has 206 valence electrons. The fourth-order valence-electron chi connectivity index (χ4n) is 6.43. The van der Waals surface area contributed by atoms with Crippen LogP contribution in [0.1, 0.15) is 70.0 Å². The van der Waals surface area contributed by atoms with Crippen molar-refractivity contribution in [2.45, 2.75) is 77.2 Å². The molecular weight excluding hydrogens is 523 g/mol. The molecule has 2 saturated heterocycles. The SMILES string of the molecule is CCC(CN1CC(C)OC(C)C1)N1C(=O)C(C)(CC(=O)O)CC(c2cccc(Cl)c2)C1c1ccc(Cl)cc1. The van der Waals surface area contributed by atoms with Gasteiger partial charge in [-0.25, -0.2) is 0 Å². The number of aliphatic carboxylic acids is 1. The quantitative estimate of drug-likeness (QED) is 0.403. The third kappa shape index (κ3) is 6.36. The van der Waals surface area contributed by atoms with Gasteiger partial charge in [0, 0.05) is 41.6 Å². The summed E-state index contributed by atoms with van der Waals surface area (Å²) in [6, 6.07) is 15.0. The molecule has 0 bridgehead atoms. The van der Waals surface area contributed by atoms with E-state index in [0.29, 0.717) is 23.0 Å². The Morgan fingerprint density at radius 3 is 2.32 bits per heavy atom. The van der Waals surface area contributed by atoms with Gasteiger partial charge in [-0.05, 0) is 62.1 Å². The number of ether oxygens (including phenoxy) is 1. The normalized spacial score (nSPS) is 29.3. The van der Waals surface area contributed by atoms with Crippen molar-refractivity contribution in [3.05, 3.63) is 69.7 Å². The Balaban J connectivity index is 1.83. The molecule has 2 aromatic rings. The fraction of sp³-hybridized carbons (Fsp3) is 0.533. The summed E-state index contributed by atoms with van der Waals surface area (Å²) >= 11 is 12.7. The number of hydrogen-bond acceptors (Lipinski definition) is 4. The molecule has 1 N–H and O–H groups in total. The van der Waals surface area contributed by atoms with Crippen molar-refractivity contribution in [3.8, 4) is 0 Å². The largest absolute Gasteiger partial charge is 0.481 e. The lowest BCUT2D eigenvalue weighted by Crippen LogP contribution is -2.59. The van der Waals surface area contributed by atoms with Crippen LogP contribution in [0, 0.1) is 5.41 Å². The molecule has 6 nitrogen and oxygen atoms in total. The minimum atomic E-state index is -1.05. The molecule has 1 amide bonds. The molecule has 0 aromatic heterocycles. The number of hydrogen-bond donors (Lipinski definition) is 1. The molecule has 2 heterocycles. The summed E-state index contributed by atoms with van der Waals surface area (Å²) in [4.78, 5) is 30.8. The van der Waals surface area contributed by atoms with Crippen LogP contribution in [-0.4, -0.2) is 64.7 Å². The van der Waals surface area contributed by atoms with E-state index in [9.17, 15) is 14.7 Å². The van der Waals surface area contributed by atoms with Gasteiger partial charge in [0.2, 0.25) is 5.91 Å². The number of carboxylic acid groups (broad SMARTS) is 1. The van der Waals surface area contributed by atoms with Crippen molar-refractivity contribution in [1.82, 2.24) is 9.80 Å². The molecule has 0 spiro atoms. The van der Waals surface area contributed by atoms with E-state index in [1.165, 1.54) is 0 Å². The summed E-state index contributed by atoms with van der Waals surface area (Å²) in [7, 11) is 0. The van der Waals surface area contributed by atoms with Gasteiger partial charge in [0.25, 0.3) is 0 Å². The molecule has 6 atom stereocenters. The van der Waals surface area contributed by atoms with Crippen molar-refractivity contribution in [1.29, 1.82) is 0 Å². The van der Waals surface area contributed by atoms with E-state index >= 15 is 0 Å². The molecule has 2 aliphatic heterocycles. The van der Waals surface area contributed by atoms with Gasteiger partial charge in [0.05, 0.1) is 30.1 Å². The second-order valence-corrected chi connectivity index (χ2v) is 12.1. The van der Waals surface area contributed by atoms with E-state index in [1.807, 2.05) is 53.4 Å². The van der Waals surface area contributed by atoms with Crippen LogP contribution in [0.5, 0.6) is 0 Å². The van der Waals surface area contributed by atoms with Gasteiger partial charge in [0.1, 0.15) is 0 Å². The van der Waals surface area contributed by atoms with Crippen LogP contribution in [0.25, 0.3) is 0 Å². The third-order valence-electron chi connectivity index (χ3n) is 7.96. The van der Waals surface area contributed by atoms with Gasteiger partial charge in [-0.2, -0.15) is 0 Å². The zero-order valence-corrected chi connectivity index (χ0v) is 24.1. The molecule has 4 rings (SSSR count). The smallest absolute Gasteiger partial charge is 0.304 e. The molecule has 8 heteroatoms. The summed E-state index contributed by atoms with van der Waals surface area (Å²) in [6.45, 7) is 10.3. The molecule has 0 saturated carbocycles. The second kappa shape index (κ2) is 12.0. The first-order valence-electron chi connectivity index (χ1n) is 13.4. The molecule has 2 aromatic carbocycles. The van der Waals surface area contributed by atoms with E-state index in [0.717, 1.165) is 30.6 Å². The first-order valence-corrected chi connectivity index (χ1v) is 14.2. The van der Waals surface area contributed by atoms with E-state index < -0.39 is 11.4 Å². The number of nitrogens with zero attached hydrogens (tertiary/aromatic N) is 2. The minimum Gasteiger partial charge on any atom is -0.481 e. The van der Waals surface area contributed by atoms with Crippen LogP contribution in [-0.2, 0) is 14.3 Å². The van der Waals surface area contributed by atoms with E-state index in [1.54, 1.807) is 6.92 Å². The number of carbonyl (C=O) groups is 2. The lowest BCUT2D eigenvalue weighted by atomic mass is 9.67. The molecule has 6 unspecified atom stereocenters. The average Bonchev–Trinajstić information content (AvgIpc) is 2.84. The van der Waals surface area contributed by atoms with Gasteiger partial charge in [-0.3, -0.25) is 14.5 Å². The lowest BCUT2D eigenvalue weighted by Gasteiger charge is -2.52. The standard InChI is InChI=1S/C30H38Cl2N2O4/c1-5-25(18-33-16-19(2)38-20(3)17-33)34-28(21-9-11-23(31)12-10-21)26(22-7-6-8-24(32)13-22)14-30(4,29(34)37)15-27(35)36/h6-13,19-20,25-26,28H,5,14-18H2,1-4H3,(H,35,36). The van der Waals surface area contributed by atoms with Gasteiger partial charge < -0.3 is 14.7 Å². The van der Waals surface area contributed by atoms with Crippen LogP contribution in [0.2, 0.25) is 10.0 Å². The summed E-state index contributed by atoms with van der Waals surface area (Å²) in [5.41, 5.74) is 0.920. The number of carboxylic acids is 1. The Morgan fingerprint density at radius 2 is 1.74 bits per heavy atom. The van der Waals surface area contributed by atoms with Crippen molar-refractivity contribution >= 4 is 35.1 Å². The van der Waals surface area contributed by atoms with Crippen LogP contribution >= 0.6 is 23.2 Å². The summed E-state index contributed by atoms with van der Waals surface area (Å²) in [5, 5.41) is 11.1. The Bertz CT molecular complexity index is 1130. The molecule has 2 fully saturated rings. The lowest BCUT2D eigenvalue weighted by molar-refractivity contribution is -0.161. The summed E-state index contributed by atoms with van der Waals surface area (Å²) in [6.07, 6.45) is 1.13. The van der Waals surface area contributed by atoms with E-state index in [4.69, 9.17) is 27.9 Å². The highest BCUT2D eigenvalue weighted by Gasteiger charge is 2.52. The molecule has 0 aliphatic carbocycles. The number of carbonyl (C=O) groups excluding carboxylic acids is 1. The van der Waals surface area contributed by atoms with Crippen LogP contribution in [0.15, 0.2) is 48.5 Å². The highest BCUT2D eigenvalue weighted by Crippen LogP contribution is 2.52. The van der Waals surface area contributed by atoms with Crippen molar-refractivity contribution in [2.75, 3.05) is 19.6 Å². The number of likely N-dealkylation sites (tertiary alicyclic amines) is 1. The van der Waals surface area contributed by atoms with Gasteiger partial charge in [-0.15, -0.1) is 0 Å². The van der Waals surface area contributed by atoms with Gasteiger partial charge in [-0.1, -0.05) is 61.3 Å². The number of halogens is 2. The highest BCUT2D eigenvalue weighted by atomic mass is 35.5. The second-order valence-electron chi connectivity index (χ2n) is 11.2. The predicted molar refractivity (Wildman–Crippen MR) is 151 cm³/mol. The maximum atomic E-state index is 14.4. The number of benzene rings is 2. The fourth-order valence-corrected chi connectivity index (χ4v) is 6.75. The molecular formula is C30H38Cl2N2O4. The Labute approximate surface area is 235 Å². The minimum absolute atomic E-state index is 0.108. The van der Waals surface area contributed by atoms with Crippen LogP contribution < -0.4 is 0 Å². The van der Waals surface area contributed by atoms with Crippen LogP contribution in [0.4, 0.5) is 0 Å². The first-order chi connectivity index (χ1) is 18.0. The number of amides is 1. The zero-order valence-electron chi connectivity index (χ0n) is 22.6. The van der Waals surface area contributed by atoms with E-state index in [-0.39, 0.29) is 42.5 Å². The first kappa shape index (κ1) is 28.9. The summed E-state index contributed by atoms with van der Waals surface area (Å²) in [5.74, 6) is -1.23. The maximum Gasteiger partial charge on any atom is 0.304 e. The molecule has 38 heavy (non-hydrogen) atoms. The number of piperidine rings is 1. The van der Waals surface area contributed by atoms with Gasteiger partial charge >= 0.3 is 5.97 Å². The number of morpholine rings is 1. The zero-order chi connectivity index (χ0) is 27.6. The topological polar surface area (TPSA) is 70.1 Å². The monoisotopic (exact) mass is 560 g/mol.